The van der Waals surface area contributed by atoms with E-state index in [9.17, 15) is 43.2 Å². The number of allylic oxidation sites excluding steroid dienone is 4. The molecule has 0 spiro atoms. The Labute approximate surface area is 561 Å². The molecule has 0 fully saturated rings. The summed E-state index contributed by atoms with van der Waals surface area (Å²) in [5.74, 6) is -1.40. The van der Waals surface area contributed by atoms with Crippen LogP contribution in [0.3, 0.4) is 0 Å². The second-order valence-electron chi connectivity index (χ2n) is 26.1. The third-order valence-electron chi connectivity index (χ3n) is 16.4. The first kappa shape index (κ1) is 89.5. The lowest BCUT2D eigenvalue weighted by molar-refractivity contribution is -0.161. The maximum Gasteiger partial charge on any atom is 0.472 e. The van der Waals surface area contributed by atoms with Crippen LogP contribution in [0.15, 0.2) is 24.3 Å². The van der Waals surface area contributed by atoms with Crippen molar-refractivity contribution in [3.63, 3.8) is 0 Å². The van der Waals surface area contributed by atoms with Crippen molar-refractivity contribution in [2.24, 2.45) is 5.92 Å². The van der Waals surface area contributed by atoms with Crippen LogP contribution in [0.5, 0.6) is 0 Å². The molecule has 2 unspecified atom stereocenters. The number of phosphoric acid groups is 2. The minimum atomic E-state index is -4.96. The van der Waals surface area contributed by atoms with E-state index in [-0.39, 0.29) is 25.7 Å². The summed E-state index contributed by atoms with van der Waals surface area (Å²) >= 11 is 0. The van der Waals surface area contributed by atoms with E-state index in [1.165, 1.54) is 154 Å². The Balaban J connectivity index is 5.26. The van der Waals surface area contributed by atoms with Crippen LogP contribution in [0.25, 0.3) is 0 Å². The fourth-order valence-corrected chi connectivity index (χ4v) is 12.2. The van der Waals surface area contributed by atoms with Gasteiger partial charge in [0.25, 0.3) is 0 Å². The van der Waals surface area contributed by atoms with Crippen molar-refractivity contribution < 1.29 is 80.2 Å². The van der Waals surface area contributed by atoms with Crippen molar-refractivity contribution in [1.82, 2.24) is 0 Å². The number of esters is 4. The zero-order valence-electron chi connectivity index (χ0n) is 59.2. The number of rotatable bonds is 71. The molecule has 0 aliphatic carbocycles. The van der Waals surface area contributed by atoms with E-state index in [0.717, 1.165) is 121 Å². The summed E-state index contributed by atoms with van der Waals surface area (Å²) in [7, 11) is -9.91. The maximum atomic E-state index is 13.0. The molecule has 3 N–H and O–H groups in total. The standard InChI is InChI=1S/C73H138O17P2/c1-6-9-12-15-18-21-23-25-27-29-31-33-38-43-48-53-58-72(77)90-69(63-84-71(76)57-52-47-42-37-32-30-28-26-24-22-19-16-13-10-7-2)65-88-92(81,82)86-61-67(74)60-85-91(79,80)87-64-68(62-83-70(75)56-51-46-41-20-17-14-11-8-3)89-73(78)59-54-49-44-39-35-34-36-40-45-50-55-66(4)5/h22,24,26,28,66-69,74H,6-21,23,25,27,29-65H2,1-5H3,(H,79,80)(H,81,82)/b24-22-,28-26-/t67-,68+,69+/m0/s1. The molecule has 92 heavy (non-hydrogen) atoms. The molecule has 0 saturated carbocycles. The van der Waals surface area contributed by atoms with E-state index < -0.39 is 97.5 Å². The number of hydrogen-bond donors (Lipinski definition) is 3. The van der Waals surface area contributed by atoms with Gasteiger partial charge >= 0.3 is 39.5 Å². The van der Waals surface area contributed by atoms with Gasteiger partial charge in [0.2, 0.25) is 0 Å². The van der Waals surface area contributed by atoms with Crippen molar-refractivity contribution in [3.8, 4) is 0 Å². The van der Waals surface area contributed by atoms with Gasteiger partial charge in [0.15, 0.2) is 12.2 Å². The summed E-state index contributed by atoms with van der Waals surface area (Å²) in [6, 6.07) is 0. The fourth-order valence-electron chi connectivity index (χ4n) is 10.6. The lowest BCUT2D eigenvalue weighted by Gasteiger charge is -2.21. The monoisotopic (exact) mass is 1350 g/mol. The van der Waals surface area contributed by atoms with Gasteiger partial charge in [0, 0.05) is 25.7 Å². The first-order valence-corrected chi connectivity index (χ1v) is 40.4. The van der Waals surface area contributed by atoms with Crippen molar-refractivity contribution in [2.75, 3.05) is 39.6 Å². The molecular weight excluding hydrogens is 1210 g/mol. The highest BCUT2D eigenvalue weighted by atomic mass is 31.2. The van der Waals surface area contributed by atoms with Crippen molar-refractivity contribution in [2.45, 2.75) is 374 Å². The number of carbonyl (C=O) groups is 4. The maximum absolute atomic E-state index is 13.0. The molecule has 542 valence electrons. The van der Waals surface area contributed by atoms with Gasteiger partial charge in [0.05, 0.1) is 26.4 Å². The number of hydrogen-bond acceptors (Lipinski definition) is 15. The van der Waals surface area contributed by atoms with Crippen molar-refractivity contribution in [3.05, 3.63) is 24.3 Å². The number of aliphatic hydroxyl groups is 1. The van der Waals surface area contributed by atoms with Crippen LogP contribution in [-0.4, -0.2) is 96.7 Å². The molecule has 0 bridgehead atoms. The third kappa shape index (κ3) is 66.2. The SMILES string of the molecule is CCCCCC/C=C\C=C/CCCCCCCC(=O)OC[C@H](COP(=O)(O)OC[C@@H](O)COP(=O)(O)OC[C@@H](COC(=O)CCCCCCCCCC)OC(=O)CCCCCCCCCCCCC(C)C)OC(=O)CCCCCCCCCCCCCCCCCC. The third-order valence-corrected chi connectivity index (χ3v) is 18.3. The molecule has 0 aliphatic rings. The van der Waals surface area contributed by atoms with Gasteiger partial charge in [0.1, 0.15) is 19.3 Å². The predicted octanol–water partition coefficient (Wildman–Crippen LogP) is 20.9. The number of carbonyl (C=O) groups excluding carboxylic acids is 4. The van der Waals surface area contributed by atoms with E-state index in [1.54, 1.807) is 0 Å². The molecule has 0 aromatic heterocycles. The average molecular weight is 1350 g/mol. The molecule has 5 atom stereocenters. The predicted molar refractivity (Wildman–Crippen MR) is 372 cm³/mol. The molecular formula is C73H138O17P2. The van der Waals surface area contributed by atoms with Crippen LogP contribution in [0.1, 0.15) is 356 Å². The Hall–Kier alpha value is -2.46. The van der Waals surface area contributed by atoms with Crippen molar-refractivity contribution >= 4 is 39.5 Å². The van der Waals surface area contributed by atoms with E-state index in [2.05, 4.69) is 58.9 Å². The Morgan fingerprint density at radius 3 is 0.891 bits per heavy atom. The highest BCUT2D eigenvalue weighted by Gasteiger charge is 2.30. The van der Waals surface area contributed by atoms with Crippen LogP contribution in [0, 0.1) is 5.92 Å². The summed E-state index contributed by atoms with van der Waals surface area (Å²) in [6.45, 7) is 7.17. The lowest BCUT2D eigenvalue weighted by Crippen LogP contribution is -2.30. The zero-order valence-corrected chi connectivity index (χ0v) is 61.0. The van der Waals surface area contributed by atoms with Gasteiger partial charge in [-0.2, -0.15) is 0 Å². The lowest BCUT2D eigenvalue weighted by atomic mass is 10.0. The quantitative estimate of drug-likeness (QED) is 0.0169. The molecule has 0 aromatic rings. The average Bonchev–Trinajstić information content (AvgIpc) is 2.23. The molecule has 0 saturated heterocycles. The van der Waals surface area contributed by atoms with E-state index in [4.69, 9.17) is 37.0 Å². The number of ether oxygens (including phenoxy) is 4. The first-order valence-electron chi connectivity index (χ1n) is 37.5. The Kier molecular flexibility index (Phi) is 64.0. The van der Waals surface area contributed by atoms with Crippen LogP contribution in [0.2, 0.25) is 0 Å². The summed E-state index contributed by atoms with van der Waals surface area (Å²) in [4.78, 5) is 72.6. The molecule has 0 rings (SSSR count). The first-order chi connectivity index (χ1) is 44.5. The van der Waals surface area contributed by atoms with E-state index >= 15 is 0 Å². The molecule has 0 aliphatic heterocycles. The van der Waals surface area contributed by atoms with Gasteiger partial charge in [-0.15, -0.1) is 0 Å². The van der Waals surface area contributed by atoms with Crippen LogP contribution >= 0.6 is 15.6 Å². The van der Waals surface area contributed by atoms with Gasteiger partial charge in [-0.3, -0.25) is 37.3 Å². The molecule has 17 nitrogen and oxygen atoms in total. The van der Waals surface area contributed by atoms with Gasteiger partial charge in [-0.1, -0.05) is 303 Å². The molecule has 0 aromatic carbocycles. The number of aliphatic hydroxyl groups excluding tert-OH is 1. The van der Waals surface area contributed by atoms with Crippen molar-refractivity contribution in [1.29, 1.82) is 0 Å². The summed E-state index contributed by atoms with van der Waals surface area (Å²) in [5, 5.41) is 10.6. The second-order valence-corrected chi connectivity index (χ2v) is 29.0. The summed E-state index contributed by atoms with van der Waals surface area (Å²) in [6.07, 6.45) is 56.3. The molecule has 0 amide bonds. The summed E-state index contributed by atoms with van der Waals surface area (Å²) < 4.78 is 68.3. The fraction of sp³-hybridized carbons (Fsp3) is 0.890. The topological polar surface area (TPSA) is 237 Å². The molecule has 19 heteroatoms. The number of phosphoric ester groups is 2. The smallest absolute Gasteiger partial charge is 0.462 e. The van der Waals surface area contributed by atoms with Crippen LogP contribution < -0.4 is 0 Å². The minimum Gasteiger partial charge on any atom is -0.462 e. The second kappa shape index (κ2) is 65.8. The Morgan fingerprint density at radius 1 is 0.337 bits per heavy atom. The zero-order chi connectivity index (χ0) is 67.7. The van der Waals surface area contributed by atoms with Crippen LogP contribution in [0.4, 0.5) is 0 Å². The Morgan fingerprint density at radius 2 is 0.587 bits per heavy atom. The highest BCUT2D eigenvalue weighted by Crippen LogP contribution is 2.45. The van der Waals surface area contributed by atoms with Crippen LogP contribution in [-0.2, 0) is 65.4 Å². The normalized spacial score (nSPS) is 14.2. The largest absolute Gasteiger partial charge is 0.472 e. The molecule has 0 radical (unpaired) electrons. The molecule has 0 heterocycles. The Bertz CT molecular complexity index is 1860. The van der Waals surface area contributed by atoms with E-state index in [1.807, 2.05) is 0 Å². The van der Waals surface area contributed by atoms with Gasteiger partial charge < -0.3 is 33.8 Å². The number of unbranched alkanes of at least 4 members (excludes halogenated alkanes) is 40. The summed E-state index contributed by atoms with van der Waals surface area (Å²) in [5.41, 5.74) is 0. The minimum absolute atomic E-state index is 0.101. The van der Waals surface area contributed by atoms with Gasteiger partial charge in [-0.05, 0) is 57.3 Å². The van der Waals surface area contributed by atoms with E-state index in [0.29, 0.717) is 25.7 Å². The highest BCUT2D eigenvalue weighted by molar-refractivity contribution is 7.47. The van der Waals surface area contributed by atoms with Gasteiger partial charge in [-0.25, -0.2) is 9.13 Å².